The highest BCUT2D eigenvalue weighted by molar-refractivity contribution is 5.50. The van der Waals surface area contributed by atoms with Crippen LogP contribution in [0.15, 0.2) is 24.3 Å². The summed E-state index contributed by atoms with van der Waals surface area (Å²) in [5, 5.41) is 0. The Bertz CT molecular complexity index is 648. The molecule has 1 aromatic rings. The van der Waals surface area contributed by atoms with Gasteiger partial charge in [-0.15, -0.1) is 0 Å². The first-order valence-corrected chi connectivity index (χ1v) is 12.6. The van der Waals surface area contributed by atoms with Crippen LogP contribution in [0.4, 0.5) is 18.9 Å². The van der Waals surface area contributed by atoms with E-state index in [9.17, 15) is 13.2 Å². The zero-order valence-corrected chi connectivity index (χ0v) is 19.9. The predicted molar refractivity (Wildman–Crippen MR) is 125 cm³/mol. The maximum absolute atomic E-state index is 12.6. The molecule has 0 spiro atoms. The van der Waals surface area contributed by atoms with E-state index in [0.717, 1.165) is 51.3 Å². The van der Waals surface area contributed by atoms with Crippen molar-refractivity contribution < 1.29 is 17.9 Å². The van der Waals surface area contributed by atoms with E-state index in [-0.39, 0.29) is 6.54 Å². The fraction of sp³-hybridized carbons (Fsp3) is 0.769. The molecule has 2 fully saturated rings. The SMILES string of the molecule is CC(C)CCN(c1ccc(OCC2CCCCC2)cc1)C1CCN(CCC(F)(F)F)CC1. The molecule has 2 aliphatic rings. The van der Waals surface area contributed by atoms with Crippen molar-refractivity contribution in [1.82, 2.24) is 4.90 Å². The fourth-order valence-corrected chi connectivity index (χ4v) is 4.96. The van der Waals surface area contributed by atoms with Gasteiger partial charge in [0, 0.05) is 37.9 Å². The minimum Gasteiger partial charge on any atom is -0.493 e. The number of rotatable bonds is 10. The Kier molecular flexibility index (Phi) is 9.57. The molecule has 1 aliphatic heterocycles. The van der Waals surface area contributed by atoms with Gasteiger partial charge in [-0.2, -0.15) is 13.2 Å². The summed E-state index contributed by atoms with van der Waals surface area (Å²) in [4.78, 5) is 4.44. The number of alkyl halides is 3. The molecule has 0 bridgehead atoms. The summed E-state index contributed by atoms with van der Waals surface area (Å²) in [5.74, 6) is 2.24. The van der Waals surface area contributed by atoms with E-state index < -0.39 is 12.6 Å². The molecule has 1 heterocycles. The van der Waals surface area contributed by atoms with Crippen LogP contribution < -0.4 is 9.64 Å². The number of piperidine rings is 1. The third kappa shape index (κ3) is 8.49. The Hall–Kier alpha value is -1.43. The number of halogens is 3. The largest absolute Gasteiger partial charge is 0.493 e. The average Bonchev–Trinajstić information content (AvgIpc) is 2.78. The summed E-state index contributed by atoms with van der Waals surface area (Å²) >= 11 is 0. The van der Waals surface area contributed by atoms with E-state index in [1.807, 2.05) is 4.90 Å². The molecule has 1 aliphatic carbocycles. The lowest BCUT2D eigenvalue weighted by Crippen LogP contribution is -2.46. The summed E-state index contributed by atoms with van der Waals surface area (Å²) in [6, 6.07) is 8.86. The first kappa shape index (κ1) is 25.2. The minimum atomic E-state index is -4.07. The molecule has 0 unspecified atom stereocenters. The van der Waals surface area contributed by atoms with E-state index in [1.165, 1.54) is 37.8 Å². The Morgan fingerprint density at radius 1 is 1.00 bits per heavy atom. The van der Waals surface area contributed by atoms with Crippen molar-refractivity contribution in [3.8, 4) is 5.75 Å². The summed E-state index contributed by atoms with van der Waals surface area (Å²) in [6.45, 7) is 7.86. The molecule has 0 atom stereocenters. The maximum atomic E-state index is 12.6. The Balaban J connectivity index is 1.55. The second-order valence-corrected chi connectivity index (χ2v) is 10.1. The molecule has 3 rings (SSSR count). The number of nitrogens with zero attached hydrogens (tertiary/aromatic N) is 2. The van der Waals surface area contributed by atoms with E-state index in [0.29, 0.717) is 17.9 Å². The molecule has 32 heavy (non-hydrogen) atoms. The van der Waals surface area contributed by atoms with Crippen LogP contribution in [-0.2, 0) is 0 Å². The van der Waals surface area contributed by atoms with E-state index in [2.05, 4.69) is 43.0 Å². The molecule has 0 N–H and O–H groups in total. The van der Waals surface area contributed by atoms with Crippen LogP contribution in [0, 0.1) is 11.8 Å². The molecule has 1 saturated heterocycles. The average molecular weight is 455 g/mol. The summed E-state index contributed by atoms with van der Waals surface area (Å²) < 4.78 is 43.8. The van der Waals surface area contributed by atoms with Gasteiger partial charge in [0.05, 0.1) is 13.0 Å². The number of hydrogen-bond donors (Lipinski definition) is 0. The highest BCUT2D eigenvalue weighted by Gasteiger charge is 2.30. The number of hydrogen-bond acceptors (Lipinski definition) is 3. The topological polar surface area (TPSA) is 15.7 Å². The molecule has 0 amide bonds. The van der Waals surface area contributed by atoms with Gasteiger partial charge in [0.1, 0.15) is 5.75 Å². The normalized spacial score (nSPS) is 19.4. The van der Waals surface area contributed by atoms with Gasteiger partial charge >= 0.3 is 6.18 Å². The number of ether oxygens (including phenoxy) is 1. The van der Waals surface area contributed by atoms with Crippen LogP contribution in [-0.4, -0.2) is 49.9 Å². The van der Waals surface area contributed by atoms with Crippen molar-refractivity contribution in [2.45, 2.75) is 83.9 Å². The first-order valence-electron chi connectivity index (χ1n) is 12.6. The zero-order valence-electron chi connectivity index (χ0n) is 19.9. The van der Waals surface area contributed by atoms with Gasteiger partial charge in [-0.3, -0.25) is 0 Å². The zero-order chi connectivity index (χ0) is 23.0. The lowest BCUT2D eigenvalue weighted by Gasteiger charge is -2.40. The number of likely N-dealkylation sites (tertiary alicyclic amines) is 1. The van der Waals surface area contributed by atoms with Gasteiger partial charge in [-0.05, 0) is 68.2 Å². The van der Waals surface area contributed by atoms with Gasteiger partial charge < -0.3 is 14.5 Å². The third-order valence-electron chi connectivity index (χ3n) is 7.04. The Labute approximate surface area is 192 Å². The molecule has 182 valence electrons. The molecule has 1 aromatic carbocycles. The second-order valence-electron chi connectivity index (χ2n) is 10.1. The molecular weight excluding hydrogens is 413 g/mol. The maximum Gasteiger partial charge on any atom is 0.390 e. The van der Waals surface area contributed by atoms with Crippen LogP contribution in [0.1, 0.15) is 71.6 Å². The molecule has 6 heteroatoms. The van der Waals surface area contributed by atoms with Gasteiger partial charge in [0.25, 0.3) is 0 Å². The highest BCUT2D eigenvalue weighted by Crippen LogP contribution is 2.29. The van der Waals surface area contributed by atoms with Gasteiger partial charge in [0.2, 0.25) is 0 Å². The van der Waals surface area contributed by atoms with Crippen molar-refractivity contribution in [1.29, 1.82) is 0 Å². The van der Waals surface area contributed by atoms with Gasteiger partial charge in [-0.25, -0.2) is 0 Å². The summed E-state index contributed by atoms with van der Waals surface area (Å²) in [6.07, 6.45) is 4.72. The Morgan fingerprint density at radius 3 is 2.25 bits per heavy atom. The molecule has 3 nitrogen and oxygen atoms in total. The number of anilines is 1. The second kappa shape index (κ2) is 12.2. The van der Waals surface area contributed by atoms with E-state index >= 15 is 0 Å². The van der Waals surface area contributed by atoms with Crippen molar-refractivity contribution in [2.75, 3.05) is 37.7 Å². The van der Waals surface area contributed by atoms with Crippen LogP contribution in [0.25, 0.3) is 0 Å². The molecule has 0 radical (unpaired) electrons. The first-order chi connectivity index (χ1) is 15.3. The lowest BCUT2D eigenvalue weighted by molar-refractivity contribution is -0.138. The van der Waals surface area contributed by atoms with Crippen LogP contribution in [0.3, 0.4) is 0 Å². The van der Waals surface area contributed by atoms with Crippen molar-refractivity contribution in [3.05, 3.63) is 24.3 Å². The van der Waals surface area contributed by atoms with Crippen LogP contribution in [0.2, 0.25) is 0 Å². The van der Waals surface area contributed by atoms with Gasteiger partial charge in [0.15, 0.2) is 0 Å². The van der Waals surface area contributed by atoms with Crippen molar-refractivity contribution >= 4 is 5.69 Å². The van der Waals surface area contributed by atoms with Crippen LogP contribution in [0.5, 0.6) is 5.75 Å². The standard InChI is InChI=1S/C26H41F3N2O/c1-21(2)12-18-31(24-13-16-30(17-14-24)19-15-26(27,28)29)23-8-10-25(11-9-23)32-20-22-6-4-3-5-7-22/h8-11,21-22,24H,3-7,12-20H2,1-2H3. The van der Waals surface area contributed by atoms with E-state index in [4.69, 9.17) is 4.74 Å². The highest BCUT2D eigenvalue weighted by atomic mass is 19.4. The molecular formula is C26H41F3N2O. The predicted octanol–water partition coefficient (Wildman–Crippen LogP) is 6.92. The number of benzene rings is 1. The van der Waals surface area contributed by atoms with E-state index in [1.54, 1.807) is 0 Å². The monoisotopic (exact) mass is 454 g/mol. The lowest BCUT2D eigenvalue weighted by atomic mass is 9.90. The molecule has 1 saturated carbocycles. The summed E-state index contributed by atoms with van der Waals surface area (Å²) in [7, 11) is 0. The van der Waals surface area contributed by atoms with Gasteiger partial charge in [-0.1, -0.05) is 33.1 Å². The third-order valence-corrected chi connectivity index (χ3v) is 7.04. The fourth-order valence-electron chi connectivity index (χ4n) is 4.96. The van der Waals surface area contributed by atoms with Crippen molar-refractivity contribution in [2.24, 2.45) is 11.8 Å². The minimum absolute atomic E-state index is 0.120. The van der Waals surface area contributed by atoms with Crippen LogP contribution >= 0.6 is 0 Å². The quantitative estimate of drug-likeness (QED) is 0.382. The summed E-state index contributed by atoms with van der Waals surface area (Å²) in [5.41, 5.74) is 1.20. The smallest absolute Gasteiger partial charge is 0.390 e. The molecule has 0 aromatic heterocycles. The van der Waals surface area contributed by atoms with Crippen molar-refractivity contribution in [3.63, 3.8) is 0 Å². The Morgan fingerprint density at radius 2 is 1.66 bits per heavy atom.